The molecule has 33 heavy (non-hydrogen) atoms. The van der Waals surface area contributed by atoms with Gasteiger partial charge in [-0.2, -0.15) is 0 Å². The fourth-order valence-electron chi connectivity index (χ4n) is 3.92. The number of aromatic nitrogens is 3. The first-order chi connectivity index (χ1) is 15.7. The molecule has 4 rings (SSSR count). The summed E-state index contributed by atoms with van der Waals surface area (Å²) in [6.07, 6.45) is 4.28. The molecule has 2 unspecified atom stereocenters. The zero-order valence-electron chi connectivity index (χ0n) is 19.5. The molecule has 0 radical (unpaired) electrons. The van der Waals surface area contributed by atoms with E-state index < -0.39 is 0 Å². The van der Waals surface area contributed by atoms with Gasteiger partial charge in [-0.1, -0.05) is 18.2 Å². The minimum absolute atomic E-state index is 0. The Labute approximate surface area is 212 Å². The van der Waals surface area contributed by atoms with E-state index in [4.69, 9.17) is 19.2 Å². The van der Waals surface area contributed by atoms with E-state index in [1.807, 2.05) is 36.7 Å². The second-order valence-corrected chi connectivity index (χ2v) is 8.25. The molecule has 3 heterocycles. The average Bonchev–Trinajstić information content (AvgIpc) is 3.45. The maximum atomic E-state index is 5.80. The Hall–Kier alpha value is -1.92. The smallest absolute Gasteiger partial charge is 0.192 e. The van der Waals surface area contributed by atoms with Gasteiger partial charge in [-0.15, -0.1) is 34.2 Å². The van der Waals surface area contributed by atoms with Gasteiger partial charge in [0.15, 0.2) is 11.8 Å². The zero-order chi connectivity index (χ0) is 22.2. The van der Waals surface area contributed by atoms with Crippen LogP contribution in [0.4, 0.5) is 0 Å². The summed E-state index contributed by atoms with van der Waals surface area (Å²) in [6.45, 7) is 6.08. The first kappa shape index (κ1) is 25.7. The molecule has 0 saturated carbocycles. The van der Waals surface area contributed by atoms with Crippen LogP contribution in [0, 0.1) is 6.92 Å². The average molecular weight is 570 g/mol. The normalized spacial score (nSPS) is 20.0. The number of ether oxygens (including phenoxy) is 3. The number of nitrogens with zero attached hydrogens (tertiary/aromatic N) is 4. The maximum Gasteiger partial charge on any atom is 0.192 e. The third kappa shape index (κ3) is 7.28. The fourth-order valence-corrected chi connectivity index (χ4v) is 3.92. The standard InChI is InChI=1S/C23H34N6O3.HI/c1-17-27-28-22(29(17)2)15-25-23(24-11-6-12-30-16-18-7-5-13-31-18)26-20-10-14-32-21-9-4-3-8-19(20)21;/h3-4,8-9,18,20H,5-7,10-16H2,1-2H3,(H2,24,25,26);1H. The largest absolute Gasteiger partial charge is 0.493 e. The van der Waals surface area contributed by atoms with E-state index in [-0.39, 0.29) is 36.1 Å². The van der Waals surface area contributed by atoms with E-state index in [9.17, 15) is 0 Å². The van der Waals surface area contributed by atoms with Crippen LogP contribution in [0.15, 0.2) is 29.3 Å². The summed E-state index contributed by atoms with van der Waals surface area (Å²) in [5, 5.41) is 15.4. The molecule has 9 nitrogen and oxygen atoms in total. The lowest BCUT2D eigenvalue weighted by molar-refractivity contribution is 0.0168. The molecule has 182 valence electrons. The predicted molar refractivity (Wildman–Crippen MR) is 137 cm³/mol. The van der Waals surface area contributed by atoms with Crippen molar-refractivity contribution < 1.29 is 14.2 Å². The van der Waals surface area contributed by atoms with Gasteiger partial charge < -0.3 is 29.4 Å². The molecular formula is C23H35IN6O3. The van der Waals surface area contributed by atoms with Gasteiger partial charge in [-0.05, 0) is 32.3 Å². The topological polar surface area (TPSA) is 94.8 Å². The van der Waals surface area contributed by atoms with Crippen molar-refractivity contribution in [1.82, 2.24) is 25.4 Å². The molecule has 1 saturated heterocycles. The lowest BCUT2D eigenvalue weighted by Crippen LogP contribution is -2.41. The molecule has 0 bridgehead atoms. The first-order valence-electron chi connectivity index (χ1n) is 11.5. The van der Waals surface area contributed by atoms with Gasteiger partial charge in [0, 0.05) is 38.8 Å². The Morgan fingerprint density at radius 1 is 1.24 bits per heavy atom. The van der Waals surface area contributed by atoms with E-state index in [1.54, 1.807) is 0 Å². The van der Waals surface area contributed by atoms with Crippen molar-refractivity contribution in [3.8, 4) is 5.75 Å². The van der Waals surface area contributed by atoms with Crippen molar-refractivity contribution in [3.05, 3.63) is 41.5 Å². The summed E-state index contributed by atoms with van der Waals surface area (Å²) in [5.74, 6) is 3.39. The number of halogens is 1. The molecule has 2 N–H and O–H groups in total. The van der Waals surface area contributed by atoms with Crippen molar-refractivity contribution in [2.45, 2.75) is 51.3 Å². The van der Waals surface area contributed by atoms with Gasteiger partial charge in [0.1, 0.15) is 18.1 Å². The lowest BCUT2D eigenvalue weighted by Gasteiger charge is -2.28. The van der Waals surface area contributed by atoms with E-state index in [1.165, 1.54) is 0 Å². The van der Waals surface area contributed by atoms with Gasteiger partial charge in [0.25, 0.3) is 0 Å². The molecule has 1 fully saturated rings. The molecule has 1 aromatic carbocycles. The number of nitrogens with one attached hydrogen (secondary N) is 2. The second kappa shape index (κ2) is 13.1. The van der Waals surface area contributed by atoms with Crippen LogP contribution in [-0.2, 0) is 23.1 Å². The lowest BCUT2D eigenvalue weighted by atomic mass is 10.0. The number of rotatable bonds is 9. The summed E-state index contributed by atoms with van der Waals surface area (Å²) in [6, 6.07) is 8.31. The highest BCUT2D eigenvalue weighted by atomic mass is 127. The molecule has 2 aromatic rings. The molecule has 10 heteroatoms. The number of benzene rings is 1. The van der Waals surface area contributed by atoms with E-state index >= 15 is 0 Å². The molecular weight excluding hydrogens is 535 g/mol. The van der Waals surface area contributed by atoms with Gasteiger partial charge in [-0.25, -0.2) is 4.99 Å². The van der Waals surface area contributed by atoms with Crippen LogP contribution in [0.3, 0.4) is 0 Å². The minimum atomic E-state index is 0. The van der Waals surface area contributed by atoms with E-state index in [2.05, 4.69) is 26.9 Å². The van der Waals surface area contributed by atoms with Gasteiger partial charge >= 0.3 is 0 Å². The van der Waals surface area contributed by atoms with E-state index in [0.717, 1.165) is 67.8 Å². The summed E-state index contributed by atoms with van der Waals surface area (Å²) in [7, 11) is 1.96. The van der Waals surface area contributed by atoms with Crippen LogP contribution in [-0.4, -0.2) is 59.8 Å². The van der Waals surface area contributed by atoms with Crippen molar-refractivity contribution in [2.24, 2.45) is 12.0 Å². The van der Waals surface area contributed by atoms with Crippen LogP contribution >= 0.6 is 24.0 Å². The highest BCUT2D eigenvalue weighted by molar-refractivity contribution is 14.0. The monoisotopic (exact) mass is 570 g/mol. The van der Waals surface area contributed by atoms with E-state index in [0.29, 0.717) is 26.4 Å². The number of aryl methyl sites for hydroxylation is 1. The van der Waals surface area contributed by atoms with Gasteiger partial charge in [0.2, 0.25) is 0 Å². The molecule has 1 aromatic heterocycles. The van der Waals surface area contributed by atoms with Crippen LogP contribution in [0.25, 0.3) is 0 Å². The third-order valence-corrected chi connectivity index (χ3v) is 5.92. The molecule has 2 aliphatic heterocycles. The quantitative estimate of drug-likeness (QED) is 0.207. The van der Waals surface area contributed by atoms with Crippen molar-refractivity contribution >= 4 is 29.9 Å². The number of guanidine groups is 1. The molecule has 0 aliphatic carbocycles. The minimum Gasteiger partial charge on any atom is -0.493 e. The van der Waals surface area contributed by atoms with Gasteiger partial charge in [0.05, 0.1) is 25.4 Å². The Morgan fingerprint density at radius 3 is 2.91 bits per heavy atom. The number of para-hydroxylation sites is 1. The summed E-state index contributed by atoms with van der Waals surface area (Å²) >= 11 is 0. The predicted octanol–water partition coefficient (Wildman–Crippen LogP) is 2.89. The first-order valence-corrected chi connectivity index (χ1v) is 11.5. The van der Waals surface area contributed by atoms with Crippen LogP contribution in [0.5, 0.6) is 5.75 Å². The van der Waals surface area contributed by atoms with Crippen LogP contribution in [0.1, 0.15) is 48.9 Å². The number of hydrogen-bond acceptors (Lipinski definition) is 6. The Morgan fingerprint density at radius 2 is 2.12 bits per heavy atom. The van der Waals surface area contributed by atoms with Crippen molar-refractivity contribution in [3.63, 3.8) is 0 Å². The molecule has 2 atom stereocenters. The third-order valence-electron chi connectivity index (χ3n) is 5.92. The Balaban J connectivity index is 0.00000306. The molecule has 0 spiro atoms. The SMILES string of the molecule is Cc1nnc(CN=C(NCCCOCC2CCCO2)NC2CCOc3ccccc32)n1C.I. The number of fused-ring (bicyclic) bond motifs is 1. The highest BCUT2D eigenvalue weighted by Crippen LogP contribution is 2.31. The maximum absolute atomic E-state index is 5.80. The van der Waals surface area contributed by atoms with Crippen molar-refractivity contribution in [1.29, 1.82) is 0 Å². The van der Waals surface area contributed by atoms with Gasteiger partial charge in [-0.3, -0.25) is 0 Å². The number of hydrogen-bond donors (Lipinski definition) is 2. The second-order valence-electron chi connectivity index (χ2n) is 8.25. The fraction of sp³-hybridized carbons (Fsp3) is 0.609. The Kier molecular flexibility index (Phi) is 10.2. The summed E-state index contributed by atoms with van der Waals surface area (Å²) in [4.78, 5) is 4.79. The molecule has 2 aliphatic rings. The van der Waals surface area contributed by atoms with Crippen LogP contribution in [0.2, 0.25) is 0 Å². The summed E-state index contributed by atoms with van der Waals surface area (Å²) in [5.41, 5.74) is 1.16. The molecule has 0 amide bonds. The zero-order valence-corrected chi connectivity index (χ0v) is 21.8. The van der Waals surface area contributed by atoms with Crippen LogP contribution < -0.4 is 15.4 Å². The Bertz CT molecular complexity index is 900. The van der Waals surface area contributed by atoms with Crippen molar-refractivity contribution in [2.75, 3.05) is 33.0 Å². The number of aliphatic imine (C=N–C) groups is 1. The summed E-state index contributed by atoms with van der Waals surface area (Å²) < 4.78 is 19.1. The highest BCUT2D eigenvalue weighted by Gasteiger charge is 2.22.